The maximum atomic E-state index is 13.5. The van der Waals surface area contributed by atoms with Gasteiger partial charge >= 0.3 is 0 Å². The summed E-state index contributed by atoms with van der Waals surface area (Å²) in [6.07, 6.45) is 1.57. The molecular formula is C19H16FN5O2. The van der Waals surface area contributed by atoms with Crippen LogP contribution in [0, 0.1) is 12.7 Å². The van der Waals surface area contributed by atoms with Crippen LogP contribution in [-0.4, -0.2) is 26.6 Å². The number of carbonyl (C=O) groups is 2. The van der Waals surface area contributed by atoms with E-state index in [4.69, 9.17) is 5.73 Å². The number of nitrogens with zero attached hydrogens (tertiary/aromatic N) is 4. The SMILES string of the molecule is Cc1nn(-c2ccccn2)c(N)c1[C@H]1CC(=O)N(c2cccc(F)c2)C1=O. The molecule has 3 aromatic rings. The van der Waals surface area contributed by atoms with Crippen LogP contribution in [-0.2, 0) is 9.59 Å². The molecular weight excluding hydrogens is 349 g/mol. The van der Waals surface area contributed by atoms with Crippen molar-refractivity contribution in [3.8, 4) is 5.82 Å². The number of pyridine rings is 1. The average molecular weight is 365 g/mol. The molecule has 1 saturated heterocycles. The third kappa shape index (κ3) is 2.75. The maximum absolute atomic E-state index is 13.5. The van der Waals surface area contributed by atoms with Gasteiger partial charge in [0, 0.05) is 18.2 Å². The van der Waals surface area contributed by atoms with E-state index in [9.17, 15) is 14.0 Å². The van der Waals surface area contributed by atoms with E-state index >= 15 is 0 Å². The molecule has 0 radical (unpaired) electrons. The number of carbonyl (C=O) groups excluding carboxylic acids is 2. The largest absolute Gasteiger partial charge is 0.383 e. The van der Waals surface area contributed by atoms with Crippen molar-refractivity contribution >= 4 is 23.3 Å². The molecule has 1 fully saturated rings. The van der Waals surface area contributed by atoms with Crippen molar-refractivity contribution in [1.29, 1.82) is 0 Å². The van der Waals surface area contributed by atoms with Crippen molar-refractivity contribution in [3.05, 3.63) is 65.7 Å². The summed E-state index contributed by atoms with van der Waals surface area (Å²) in [7, 11) is 0. The van der Waals surface area contributed by atoms with Gasteiger partial charge in [-0.1, -0.05) is 12.1 Å². The Morgan fingerprint density at radius 1 is 1.19 bits per heavy atom. The number of hydrogen-bond acceptors (Lipinski definition) is 5. The number of anilines is 2. The van der Waals surface area contributed by atoms with Gasteiger partial charge in [0.15, 0.2) is 5.82 Å². The molecule has 0 spiro atoms. The van der Waals surface area contributed by atoms with E-state index in [1.807, 2.05) is 0 Å². The number of nitrogen functional groups attached to an aromatic ring is 1. The molecule has 4 rings (SSSR count). The molecule has 3 heterocycles. The zero-order chi connectivity index (χ0) is 19.1. The van der Waals surface area contributed by atoms with E-state index in [0.29, 0.717) is 17.1 Å². The number of halogens is 1. The first kappa shape index (κ1) is 16.9. The van der Waals surface area contributed by atoms with E-state index in [2.05, 4.69) is 10.1 Å². The number of imide groups is 1. The van der Waals surface area contributed by atoms with Crippen molar-refractivity contribution in [2.75, 3.05) is 10.6 Å². The molecule has 1 atom stereocenters. The summed E-state index contributed by atoms with van der Waals surface area (Å²) in [4.78, 5) is 30.7. The second-order valence-corrected chi connectivity index (χ2v) is 6.29. The van der Waals surface area contributed by atoms with Crippen LogP contribution in [0.3, 0.4) is 0 Å². The highest BCUT2D eigenvalue weighted by Crippen LogP contribution is 2.37. The van der Waals surface area contributed by atoms with E-state index in [1.54, 1.807) is 31.3 Å². The van der Waals surface area contributed by atoms with Crippen molar-refractivity contribution in [2.24, 2.45) is 0 Å². The summed E-state index contributed by atoms with van der Waals surface area (Å²) in [5.41, 5.74) is 7.50. The number of benzene rings is 1. The minimum Gasteiger partial charge on any atom is -0.383 e. The Kier molecular flexibility index (Phi) is 3.95. The third-order valence-corrected chi connectivity index (χ3v) is 4.57. The van der Waals surface area contributed by atoms with Crippen LogP contribution in [0.5, 0.6) is 0 Å². The molecule has 2 N–H and O–H groups in total. The normalized spacial score (nSPS) is 17.0. The molecule has 136 valence electrons. The Labute approximate surface area is 154 Å². The average Bonchev–Trinajstić information content (AvgIpc) is 3.10. The molecule has 2 amide bonds. The van der Waals surface area contributed by atoms with E-state index in [0.717, 1.165) is 11.0 Å². The Bertz CT molecular complexity index is 1050. The number of amides is 2. The van der Waals surface area contributed by atoms with E-state index < -0.39 is 23.5 Å². The molecule has 0 saturated carbocycles. The Morgan fingerprint density at radius 2 is 2.00 bits per heavy atom. The molecule has 0 unspecified atom stereocenters. The summed E-state index contributed by atoms with van der Waals surface area (Å²) >= 11 is 0. The molecule has 0 aliphatic carbocycles. The van der Waals surface area contributed by atoms with E-state index in [-0.39, 0.29) is 17.9 Å². The van der Waals surface area contributed by atoms with Crippen LogP contribution >= 0.6 is 0 Å². The predicted octanol–water partition coefficient (Wildman–Crippen LogP) is 2.34. The molecule has 0 bridgehead atoms. The highest BCUT2D eigenvalue weighted by Gasteiger charge is 2.43. The summed E-state index contributed by atoms with van der Waals surface area (Å²) in [6, 6.07) is 10.7. The fraction of sp³-hybridized carbons (Fsp3) is 0.158. The quantitative estimate of drug-likeness (QED) is 0.719. The fourth-order valence-electron chi connectivity index (χ4n) is 3.39. The number of hydrogen-bond donors (Lipinski definition) is 1. The second kappa shape index (κ2) is 6.31. The van der Waals surface area contributed by atoms with Crippen molar-refractivity contribution in [1.82, 2.24) is 14.8 Å². The smallest absolute Gasteiger partial charge is 0.242 e. The fourth-order valence-corrected chi connectivity index (χ4v) is 3.39. The number of aromatic nitrogens is 3. The minimum absolute atomic E-state index is 0.0473. The third-order valence-electron chi connectivity index (χ3n) is 4.57. The van der Waals surface area contributed by atoms with Crippen LogP contribution in [0.4, 0.5) is 15.9 Å². The van der Waals surface area contributed by atoms with Crippen molar-refractivity contribution < 1.29 is 14.0 Å². The lowest BCUT2D eigenvalue weighted by Gasteiger charge is -2.15. The maximum Gasteiger partial charge on any atom is 0.242 e. The molecule has 7 nitrogen and oxygen atoms in total. The van der Waals surface area contributed by atoms with Crippen LogP contribution in [0.2, 0.25) is 0 Å². The molecule has 2 aromatic heterocycles. The molecule has 1 aromatic carbocycles. The Morgan fingerprint density at radius 3 is 2.70 bits per heavy atom. The number of rotatable bonds is 3. The van der Waals surface area contributed by atoms with Gasteiger partial charge in [0.1, 0.15) is 11.6 Å². The highest BCUT2D eigenvalue weighted by atomic mass is 19.1. The zero-order valence-electron chi connectivity index (χ0n) is 14.5. The first-order chi connectivity index (χ1) is 13.0. The Hall–Kier alpha value is -3.55. The van der Waals surface area contributed by atoms with Gasteiger partial charge in [0.25, 0.3) is 0 Å². The van der Waals surface area contributed by atoms with Gasteiger partial charge in [0.05, 0.1) is 17.3 Å². The van der Waals surface area contributed by atoms with Crippen molar-refractivity contribution in [3.63, 3.8) is 0 Å². The number of aryl methyl sites for hydroxylation is 1. The molecule has 27 heavy (non-hydrogen) atoms. The lowest BCUT2D eigenvalue weighted by molar-refractivity contribution is -0.121. The molecule has 8 heteroatoms. The topological polar surface area (TPSA) is 94.1 Å². The second-order valence-electron chi connectivity index (χ2n) is 6.29. The molecule has 1 aliphatic rings. The zero-order valence-corrected chi connectivity index (χ0v) is 14.5. The van der Waals surface area contributed by atoms with Crippen LogP contribution in [0.15, 0.2) is 48.7 Å². The van der Waals surface area contributed by atoms with Gasteiger partial charge in [-0.15, -0.1) is 0 Å². The van der Waals surface area contributed by atoms with Gasteiger partial charge in [-0.25, -0.2) is 14.3 Å². The Balaban J connectivity index is 1.74. The highest BCUT2D eigenvalue weighted by molar-refractivity contribution is 6.23. The summed E-state index contributed by atoms with van der Waals surface area (Å²) < 4.78 is 15.0. The lowest BCUT2D eigenvalue weighted by Crippen LogP contribution is -2.30. The van der Waals surface area contributed by atoms with Gasteiger partial charge in [-0.3, -0.25) is 9.59 Å². The monoisotopic (exact) mass is 365 g/mol. The van der Waals surface area contributed by atoms with Gasteiger partial charge in [-0.2, -0.15) is 9.78 Å². The minimum atomic E-state index is -0.766. The van der Waals surface area contributed by atoms with Gasteiger partial charge in [0.2, 0.25) is 11.8 Å². The van der Waals surface area contributed by atoms with Gasteiger partial charge in [-0.05, 0) is 37.3 Å². The predicted molar refractivity (Wildman–Crippen MR) is 96.8 cm³/mol. The number of nitrogens with two attached hydrogens (primary N) is 1. The summed E-state index contributed by atoms with van der Waals surface area (Å²) in [5, 5.41) is 4.38. The van der Waals surface area contributed by atoms with Crippen LogP contribution < -0.4 is 10.6 Å². The standard InChI is InChI=1S/C19H16FN5O2/c1-11-17(18(21)25(23-11)15-7-2-3-8-22-15)14-10-16(26)24(19(14)27)13-6-4-5-12(20)9-13/h2-9,14H,10,21H2,1H3/t14-/m1/s1. The summed E-state index contributed by atoms with van der Waals surface area (Å²) in [6.45, 7) is 1.73. The van der Waals surface area contributed by atoms with Crippen molar-refractivity contribution in [2.45, 2.75) is 19.3 Å². The first-order valence-electron chi connectivity index (χ1n) is 8.36. The molecule has 1 aliphatic heterocycles. The lowest BCUT2D eigenvalue weighted by atomic mass is 9.97. The van der Waals surface area contributed by atoms with Crippen LogP contribution in [0.25, 0.3) is 5.82 Å². The summed E-state index contributed by atoms with van der Waals surface area (Å²) in [5.74, 6) is -1.35. The van der Waals surface area contributed by atoms with Crippen LogP contribution in [0.1, 0.15) is 23.6 Å². The first-order valence-corrected chi connectivity index (χ1v) is 8.36. The van der Waals surface area contributed by atoms with Gasteiger partial charge < -0.3 is 5.73 Å². The van der Waals surface area contributed by atoms with E-state index in [1.165, 1.54) is 22.9 Å².